The van der Waals surface area contributed by atoms with Gasteiger partial charge in [0.25, 0.3) is 0 Å². The monoisotopic (exact) mass is 1890 g/mol. The lowest BCUT2D eigenvalue weighted by Crippen LogP contribution is -2.15. The van der Waals surface area contributed by atoms with Gasteiger partial charge in [0.15, 0.2) is 29.0 Å². The summed E-state index contributed by atoms with van der Waals surface area (Å²) >= 11 is 0. The average molecular weight is 1890 g/mol. The third-order valence-electron chi connectivity index (χ3n) is 26.7. The van der Waals surface area contributed by atoms with Crippen molar-refractivity contribution in [3.8, 4) is 135 Å². The second-order valence-corrected chi connectivity index (χ2v) is 36.2. The second-order valence-electron chi connectivity index (χ2n) is 36.2. The molecule has 0 atom stereocenters. The van der Waals surface area contributed by atoms with Gasteiger partial charge in [0, 0.05) is 88.2 Å². The molecule has 26 aromatic rings. The molecule has 1 aliphatic rings. The molecule has 0 bridgehead atoms. The molecule has 5 aromatic heterocycles. The first-order valence-electron chi connectivity index (χ1n) is 49.8. The number of benzene rings is 21. The van der Waals surface area contributed by atoms with Gasteiger partial charge < -0.3 is 27.9 Å². The van der Waals surface area contributed by atoms with E-state index >= 15 is 0 Å². The van der Waals surface area contributed by atoms with Gasteiger partial charge in [-0.1, -0.05) is 358 Å². The van der Waals surface area contributed by atoms with Crippen molar-refractivity contribution >= 4 is 104 Å². The summed E-state index contributed by atoms with van der Waals surface area (Å²) in [6.45, 7) is 15.8. The molecule has 147 heavy (non-hydrogen) atoms. The van der Waals surface area contributed by atoms with Crippen molar-refractivity contribution < 1.29 is 4.74 Å². The maximum Gasteiger partial charge on any atom is 0.164 e. The zero-order valence-electron chi connectivity index (χ0n) is 82.0. The van der Waals surface area contributed by atoms with Crippen LogP contribution in [-0.2, 0) is 0 Å². The van der Waals surface area contributed by atoms with Crippen LogP contribution < -0.4 is 9.64 Å². The second kappa shape index (κ2) is 42.2. The molecule has 9 heteroatoms. The Hall–Kier alpha value is -19.4. The van der Waals surface area contributed by atoms with Crippen LogP contribution in [0.5, 0.6) is 11.5 Å². The Labute approximate surface area is 856 Å². The maximum atomic E-state index is 6.16. The molecule has 27 rings (SSSR count). The lowest BCUT2D eigenvalue weighted by molar-refractivity contribution is 0.477. The summed E-state index contributed by atoms with van der Waals surface area (Å²) in [7, 11) is 0. The van der Waals surface area contributed by atoms with E-state index in [-0.39, 0.29) is 0 Å². The molecule has 9 nitrogen and oxygen atoms in total. The largest absolute Gasteiger partial charge is 0.453 e. The number of anilines is 3. The van der Waals surface area contributed by atoms with Crippen LogP contribution in [0.3, 0.4) is 0 Å². The number of hydrogen-bond acceptors (Lipinski definition) is 5. The highest BCUT2D eigenvalue weighted by atomic mass is 16.5. The number of nitrogens with zero attached hydrogens (tertiary/aromatic N) is 8. The van der Waals surface area contributed by atoms with E-state index in [4.69, 9.17) is 19.7 Å². The lowest BCUT2D eigenvalue weighted by Gasteiger charge is -2.32. The molecule has 0 saturated heterocycles. The van der Waals surface area contributed by atoms with Crippen molar-refractivity contribution in [2.75, 3.05) is 4.90 Å². The van der Waals surface area contributed by atoms with Crippen LogP contribution >= 0.6 is 0 Å². The normalized spacial score (nSPS) is 11.2. The first kappa shape index (κ1) is 92.7. The Morgan fingerprint density at radius 3 is 0.660 bits per heavy atom. The summed E-state index contributed by atoms with van der Waals surface area (Å²) in [4.78, 5) is 16.7. The molecule has 1 aliphatic heterocycles. The highest BCUT2D eigenvalue weighted by molar-refractivity contribution is 6.15. The molecule has 0 saturated carbocycles. The van der Waals surface area contributed by atoms with E-state index in [2.05, 4.69) is 468 Å². The summed E-state index contributed by atoms with van der Waals surface area (Å²) in [6, 6.07) is 185. The van der Waals surface area contributed by atoms with Gasteiger partial charge in [0.05, 0.1) is 55.5 Å². The first-order chi connectivity index (χ1) is 72.7. The minimum absolute atomic E-state index is 0.632. The molecule has 0 amide bonds. The Bertz CT molecular complexity index is 8630. The third kappa shape index (κ3) is 18.7. The predicted molar refractivity (Wildman–Crippen MR) is 621 cm³/mol. The summed E-state index contributed by atoms with van der Waals surface area (Å²) in [5.41, 5.74) is 34.6. The van der Waals surface area contributed by atoms with Gasteiger partial charge in [-0.25, -0.2) is 15.0 Å². The van der Waals surface area contributed by atoms with Crippen LogP contribution in [0.25, 0.3) is 211 Å². The van der Waals surface area contributed by atoms with Crippen molar-refractivity contribution in [3.63, 3.8) is 0 Å². The molecular formula is C138H104N8O. The topological polar surface area (TPSA) is 70.9 Å². The van der Waals surface area contributed by atoms with E-state index in [0.29, 0.717) is 17.5 Å². The summed E-state index contributed by atoms with van der Waals surface area (Å²) < 4.78 is 15.8. The van der Waals surface area contributed by atoms with E-state index in [1.54, 1.807) is 18.2 Å². The molecule has 6 heterocycles. The quantitative estimate of drug-likeness (QED) is 0.101. The Morgan fingerprint density at radius 2 is 0.381 bits per heavy atom. The van der Waals surface area contributed by atoms with Crippen molar-refractivity contribution in [1.82, 2.24) is 33.2 Å². The third-order valence-corrected chi connectivity index (χ3v) is 26.7. The SMILES string of the molecule is C=CC.C=CC.C=CC.c1ccc(-c2cc(-c3ccccc3)cc(-n3c4ccccc4c4cc(-c5ccc6c(c5)c5ccccc5n6-c5ccccc5)ccc43)c2)cc1.c1ccc(-c2cc(-c3ccccc3)cc(-n3c4ccccc4c4cc(-c5ccc6c(c5)c5ccccc5n6-c5ccccc5)ccc43)c2)cc1.c1ccc(-c2nc(-c3ccccc3)nc(-c3ccc(N4c5ccccc5Oc5ccccc54)cc3)n2)cc1. The number of para-hydroxylation sites is 10. The van der Waals surface area contributed by atoms with Gasteiger partial charge in [0.2, 0.25) is 0 Å². The maximum absolute atomic E-state index is 6.16. The van der Waals surface area contributed by atoms with Crippen molar-refractivity contribution in [2.24, 2.45) is 0 Å². The van der Waals surface area contributed by atoms with Gasteiger partial charge >= 0.3 is 0 Å². The summed E-state index contributed by atoms with van der Waals surface area (Å²) in [5.74, 6) is 3.58. The van der Waals surface area contributed by atoms with Gasteiger partial charge in [0.1, 0.15) is 0 Å². The Kier molecular flexibility index (Phi) is 26.6. The molecular weight excluding hydrogens is 1790 g/mol. The van der Waals surface area contributed by atoms with Gasteiger partial charge in [-0.15, -0.1) is 19.7 Å². The van der Waals surface area contributed by atoms with Crippen LogP contribution in [0, 0.1) is 0 Å². The van der Waals surface area contributed by atoms with E-state index in [0.717, 1.165) is 56.6 Å². The fourth-order valence-electron chi connectivity index (χ4n) is 20.2. The number of rotatable bonds is 14. The van der Waals surface area contributed by atoms with Crippen LogP contribution in [0.2, 0.25) is 0 Å². The van der Waals surface area contributed by atoms with E-state index in [1.165, 1.54) is 165 Å². The number of fused-ring (bicyclic) bond motifs is 14. The van der Waals surface area contributed by atoms with Crippen LogP contribution in [0.4, 0.5) is 17.1 Å². The first-order valence-corrected chi connectivity index (χ1v) is 49.8. The Balaban J connectivity index is 0.000000121. The smallest absolute Gasteiger partial charge is 0.164 e. The van der Waals surface area contributed by atoms with E-state index in [1.807, 2.05) is 118 Å². The number of aromatic nitrogens is 7. The molecule has 0 radical (unpaired) electrons. The molecule has 0 spiro atoms. The predicted octanol–water partition coefficient (Wildman–Crippen LogP) is 37.8. The highest BCUT2D eigenvalue weighted by Gasteiger charge is 2.28. The van der Waals surface area contributed by atoms with Crippen LogP contribution in [0.1, 0.15) is 20.8 Å². The minimum Gasteiger partial charge on any atom is -0.453 e. The van der Waals surface area contributed by atoms with Crippen molar-refractivity contribution in [3.05, 3.63) is 560 Å². The van der Waals surface area contributed by atoms with E-state index in [9.17, 15) is 0 Å². The number of allylic oxidation sites excluding steroid dienone is 3. The molecule has 21 aromatic carbocycles. The van der Waals surface area contributed by atoms with Gasteiger partial charge in [-0.05, 0) is 270 Å². The van der Waals surface area contributed by atoms with Crippen LogP contribution in [-0.4, -0.2) is 33.2 Å². The van der Waals surface area contributed by atoms with Crippen molar-refractivity contribution in [1.29, 1.82) is 0 Å². The van der Waals surface area contributed by atoms with Gasteiger partial charge in [-0.2, -0.15) is 0 Å². The number of ether oxygens (including phenoxy) is 1. The summed E-state index contributed by atoms with van der Waals surface area (Å²) in [6.07, 6.45) is 5.25. The summed E-state index contributed by atoms with van der Waals surface area (Å²) in [5, 5.41) is 10.0. The average Bonchev–Trinajstić information content (AvgIpc) is 1.63. The zero-order valence-corrected chi connectivity index (χ0v) is 82.0. The van der Waals surface area contributed by atoms with Crippen molar-refractivity contribution in [2.45, 2.75) is 20.8 Å². The Morgan fingerprint density at radius 1 is 0.170 bits per heavy atom. The number of hydrogen-bond donors (Lipinski definition) is 0. The standard InChI is InChI=1S/2C48H32N2.C33H22N4O.3C3H6/c2*1-4-14-33(15-5-1)37-28-38(34-16-6-2-7-17-34)30-40(29-37)50-46-23-13-11-21-42(46)44-32-36(25-27-48(44)50)35-24-26-47-43(31-35)41-20-10-12-22-45(41)49(47)39-18-8-3-9-19-39;1-3-11-23(12-4-1)31-34-32(24-13-5-2-6-14-24)36-33(35-31)25-19-21-26(22-20-25)37-27-15-7-9-17-29(27)38-30-18-10-8-16-28(30)37;3*1-3-2/h2*1-32H;1-22H;3*3H,1H2,2H3. The minimum atomic E-state index is 0.632. The molecule has 0 aliphatic carbocycles. The molecule has 0 N–H and O–H groups in total. The molecule has 0 fully saturated rings. The lowest BCUT2D eigenvalue weighted by atomic mass is 9.98. The fraction of sp³-hybridized carbons (Fsp3) is 0.0217. The fourth-order valence-corrected chi connectivity index (χ4v) is 20.2. The molecule has 702 valence electrons. The van der Waals surface area contributed by atoms with E-state index < -0.39 is 0 Å². The highest BCUT2D eigenvalue weighted by Crippen LogP contribution is 2.51. The van der Waals surface area contributed by atoms with Gasteiger partial charge in [-0.3, -0.25) is 0 Å². The van der Waals surface area contributed by atoms with Crippen LogP contribution in [0.15, 0.2) is 560 Å². The molecule has 0 unspecified atom stereocenters. The zero-order chi connectivity index (χ0) is 99.5.